The molecule has 26 heavy (non-hydrogen) atoms. The Morgan fingerprint density at radius 3 is 2.58 bits per heavy atom. The van der Waals surface area contributed by atoms with E-state index in [-0.39, 0.29) is 5.70 Å². The first-order valence-electron chi connectivity index (χ1n) is 7.49. The third-order valence-electron chi connectivity index (χ3n) is 3.48. The molecule has 132 valence electrons. The highest BCUT2D eigenvalue weighted by Crippen LogP contribution is 2.28. The number of rotatable bonds is 5. The fraction of sp³-hybridized carbons (Fsp3) is 0.105. The van der Waals surface area contributed by atoms with E-state index in [9.17, 15) is 13.2 Å². The van der Waals surface area contributed by atoms with Crippen molar-refractivity contribution in [3.63, 3.8) is 0 Å². The first-order chi connectivity index (χ1) is 12.4. The summed E-state index contributed by atoms with van der Waals surface area (Å²) in [6.07, 6.45) is -0.293. The van der Waals surface area contributed by atoms with E-state index in [4.69, 9.17) is 5.26 Å². The molecule has 2 rings (SSSR count). The van der Waals surface area contributed by atoms with E-state index in [1.54, 1.807) is 37.4 Å². The van der Waals surface area contributed by atoms with Gasteiger partial charge in [-0.2, -0.15) is 18.4 Å². The van der Waals surface area contributed by atoms with Crippen LogP contribution in [-0.4, -0.2) is 18.7 Å². The molecule has 2 aromatic rings. The molecule has 0 saturated heterocycles. The number of nitrogens with one attached hydrogen (secondary N) is 1. The fourth-order valence-electron chi connectivity index (χ4n) is 2.18. The number of nitriles is 1. The molecule has 0 spiro atoms. The van der Waals surface area contributed by atoms with Crippen LogP contribution in [0, 0.1) is 11.3 Å². The van der Waals surface area contributed by atoms with Gasteiger partial charge >= 0.3 is 6.18 Å². The van der Waals surface area contributed by atoms with Crippen LogP contribution in [0.3, 0.4) is 0 Å². The van der Waals surface area contributed by atoms with Crippen LogP contribution in [0.1, 0.15) is 22.4 Å². The lowest BCUT2D eigenvalue weighted by atomic mass is 10.1. The molecule has 0 fully saturated rings. The molecule has 0 aliphatic rings. The van der Waals surface area contributed by atoms with E-state index < -0.39 is 11.7 Å². The number of alkyl halides is 3. The van der Waals surface area contributed by atoms with E-state index >= 15 is 0 Å². The third kappa shape index (κ3) is 4.57. The Labute approximate surface area is 149 Å². The summed E-state index contributed by atoms with van der Waals surface area (Å²) < 4.78 is 37.6. The van der Waals surface area contributed by atoms with Crippen molar-refractivity contribution in [2.24, 2.45) is 4.99 Å². The van der Waals surface area contributed by atoms with E-state index in [1.165, 1.54) is 6.07 Å². The second-order valence-corrected chi connectivity index (χ2v) is 5.17. The number of pyridine rings is 1. The molecular weight excluding hydrogens is 341 g/mol. The van der Waals surface area contributed by atoms with Crippen molar-refractivity contribution in [3.05, 3.63) is 70.7 Å². The molecule has 0 radical (unpaired) electrons. The number of halogens is 3. The van der Waals surface area contributed by atoms with Gasteiger partial charge in [0.05, 0.1) is 11.3 Å². The van der Waals surface area contributed by atoms with Gasteiger partial charge in [-0.25, -0.2) is 0 Å². The van der Waals surface area contributed by atoms with Crippen LogP contribution in [0.2, 0.25) is 0 Å². The molecule has 1 aromatic carbocycles. The van der Waals surface area contributed by atoms with Gasteiger partial charge in [0, 0.05) is 18.8 Å². The zero-order valence-electron chi connectivity index (χ0n) is 13.9. The maximum absolute atomic E-state index is 12.5. The van der Waals surface area contributed by atoms with E-state index in [2.05, 4.69) is 22.0 Å². The minimum absolute atomic E-state index is 0.283. The summed E-state index contributed by atoms with van der Waals surface area (Å²) in [5.41, 5.74) is 1.77. The molecule has 0 amide bonds. The quantitative estimate of drug-likeness (QED) is 0.639. The van der Waals surface area contributed by atoms with Gasteiger partial charge in [0.15, 0.2) is 0 Å². The fourth-order valence-corrected chi connectivity index (χ4v) is 2.18. The lowest BCUT2D eigenvalue weighted by Crippen LogP contribution is -2.06. The van der Waals surface area contributed by atoms with Crippen LogP contribution in [0.5, 0.6) is 0 Å². The predicted molar refractivity (Wildman–Crippen MR) is 95.8 cm³/mol. The largest absolute Gasteiger partial charge is 0.417 e. The number of hydrogen-bond acceptors (Lipinski definition) is 4. The molecule has 4 nitrogen and oxygen atoms in total. The Bertz CT molecular complexity index is 888. The number of hydrogen-bond donors (Lipinski definition) is 1. The average molecular weight is 356 g/mol. The zero-order valence-corrected chi connectivity index (χ0v) is 13.9. The molecule has 1 heterocycles. The zero-order chi connectivity index (χ0) is 19.2. The van der Waals surface area contributed by atoms with Crippen molar-refractivity contribution in [1.82, 2.24) is 10.3 Å². The number of aliphatic imine (C=N–C) groups is 1. The summed E-state index contributed by atoms with van der Waals surface area (Å²) >= 11 is 0. The minimum Gasteiger partial charge on any atom is -0.378 e. The first-order valence-corrected chi connectivity index (χ1v) is 7.49. The van der Waals surface area contributed by atoms with Gasteiger partial charge in [0.1, 0.15) is 17.5 Å². The van der Waals surface area contributed by atoms with Crippen molar-refractivity contribution in [2.45, 2.75) is 6.18 Å². The Morgan fingerprint density at radius 1 is 1.27 bits per heavy atom. The molecule has 7 heteroatoms. The van der Waals surface area contributed by atoms with Gasteiger partial charge in [-0.15, -0.1) is 0 Å². The van der Waals surface area contributed by atoms with Crippen LogP contribution in [-0.2, 0) is 6.18 Å². The van der Waals surface area contributed by atoms with E-state index in [1.807, 2.05) is 12.1 Å². The highest BCUT2D eigenvalue weighted by atomic mass is 19.4. The molecule has 1 N–H and O–H groups in total. The smallest absolute Gasteiger partial charge is 0.378 e. The topological polar surface area (TPSA) is 61.1 Å². The predicted octanol–water partition coefficient (Wildman–Crippen LogP) is 4.38. The van der Waals surface area contributed by atoms with Crippen molar-refractivity contribution in [2.75, 3.05) is 7.05 Å². The molecule has 0 aliphatic heterocycles. The molecule has 0 saturated carbocycles. The second-order valence-electron chi connectivity index (χ2n) is 5.17. The maximum atomic E-state index is 12.5. The highest BCUT2D eigenvalue weighted by molar-refractivity contribution is 5.76. The lowest BCUT2D eigenvalue weighted by Gasteiger charge is -2.06. The minimum atomic E-state index is -4.41. The normalized spacial score (nSPS) is 12.4. The number of allylic oxidation sites excluding steroid dienone is 1. The van der Waals surface area contributed by atoms with Crippen molar-refractivity contribution in [1.29, 1.82) is 5.26 Å². The summed E-state index contributed by atoms with van der Waals surface area (Å²) in [4.78, 5) is 7.68. The van der Waals surface area contributed by atoms with Crippen LogP contribution in [0.4, 0.5) is 13.2 Å². The number of nitrogens with zero attached hydrogens (tertiary/aromatic N) is 3. The monoisotopic (exact) mass is 356 g/mol. The van der Waals surface area contributed by atoms with Gasteiger partial charge < -0.3 is 5.32 Å². The Kier molecular flexibility index (Phi) is 5.91. The van der Waals surface area contributed by atoms with Crippen LogP contribution >= 0.6 is 0 Å². The SMILES string of the molecule is C=N/C(=C(/C#N)NC)c1cccc(/C=C/c2ccc(C(F)(F)F)cn2)c1. The number of aromatic nitrogens is 1. The van der Waals surface area contributed by atoms with Crippen LogP contribution in [0.15, 0.2) is 53.3 Å². The first kappa shape index (κ1) is 18.9. The summed E-state index contributed by atoms with van der Waals surface area (Å²) in [6, 6.07) is 11.5. The standard InChI is InChI=1S/C19H15F3N4/c1-24-17(11-23)18(25-2)14-5-3-4-13(10-14)6-8-16-9-7-15(12-26-16)19(20,21)22/h3-10,12,24H,2H2,1H3/b8-6+,18-17-. The summed E-state index contributed by atoms with van der Waals surface area (Å²) in [5, 5.41) is 11.9. The summed E-state index contributed by atoms with van der Waals surface area (Å²) in [7, 11) is 1.61. The Morgan fingerprint density at radius 2 is 2.04 bits per heavy atom. The van der Waals surface area contributed by atoms with Crippen molar-refractivity contribution < 1.29 is 13.2 Å². The molecule has 0 aliphatic carbocycles. The summed E-state index contributed by atoms with van der Waals surface area (Å²) in [5.74, 6) is 0. The van der Waals surface area contributed by atoms with Gasteiger partial charge in [-0.1, -0.05) is 24.3 Å². The van der Waals surface area contributed by atoms with Gasteiger partial charge in [0.2, 0.25) is 0 Å². The van der Waals surface area contributed by atoms with Gasteiger partial charge in [0.25, 0.3) is 0 Å². The molecule has 0 bridgehead atoms. The third-order valence-corrected chi connectivity index (χ3v) is 3.48. The van der Waals surface area contributed by atoms with Gasteiger partial charge in [-0.05, 0) is 36.6 Å². The molecule has 0 unspecified atom stereocenters. The van der Waals surface area contributed by atoms with E-state index in [0.29, 0.717) is 17.0 Å². The Hall–Kier alpha value is -3.40. The van der Waals surface area contributed by atoms with E-state index in [0.717, 1.165) is 17.8 Å². The Balaban J connectivity index is 2.29. The lowest BCUT2D eigenvalue weighted by molar-refractivity contribution is -0.137. The van der Waals surface area contributed by atoms with Crippen molar-refractivity contribution in [3.8, 4) is 6.07 Å². The second kappa shape index (κ2) is 8.12. The maximum Gasteiger partial charge on any atom is 0.417 e. The highest BCUT2D eigenvalue weighted by Gasteiger charge is 2.30. The van der Waals surface area contributed by atoms with Crippen LogP contribution < -0.4 is 5.32 Å². The average Bonchev–Trinajstić information content (AvgIpc) is 2.64. The molecule has 0 atom stereocenters. The van der Waals surface area contributed by atoms with Gasteiger partial charge in [-0.3, -0.25) is 9.98 Å². The molecule has 1 aromatic heterocycles. The summed E-state index contributed by atoms with van der Waals surface area (Å²) in [6.45, 7) is 3.49. The van der Waals surface area contributed by atoms with Crippen molar-refractivity contribution >= 4 is 24.6 Å². The molecular formula is C19H15F3N4. The van der Waals surface area contributed by atoms with Crippen LogP contribution in [0.25, 0.3) is 17.8 Å². The number of benzene rings is 1.